The molecule has 6 heteroatoms. The van der Waals surface area contributed by atoms with E-state index in [4.69, 9.17) is 20.0 Å². The van der Waals surface area contributed by atoms with Crippen LogP contribution in [0.4, 0.5) is 0 Å². The van der Waals surface area contributed by atoms with Crippen molar-refractivity contribution in [1.29, 1.82) is 5.26 Å². The third-order valence-corrected chi connectivity index (χ3v) is 7.20. The number of hydrogen-bond acceptors (Lipinski definition) is 6. The van der Waals surface area contributed by atoms with E-state index in [2.05, 4.69) is 17.9 Å². The van der Waals surface area contributed by atoms with Crippen molar-refractivity contribution < 1.29 is 4.74 Å². The number of thiophene rings is 1. The van der Waals surface area contributed by atoms with Crippen molar-refractivity contribution in [1.82, 2.24) is 14.9 Å². The van der Waals surface area contributed by atoms with Crippen molar-refractivity contribution in [3.63, 3.8) is 0 Å². The first kappa shape index (κ1) is 18.5. The summed E-state index contributed by atoms with van der Waals surface area (Å²) in [7, 11) is 0. The van der Waals surface area contributed by atoms with Crippen molar-refractivity contribution in [2.45, 2.75) is 45.6 Å². The largest absolute Gasteiger partial charge is 0.438 e. The molecule has 5 nitrogen and oxygen atoms in total. The van der Waals surface area contributed by atoms with Crippen LogP contribution in [0.15, 0.2) is 24.3 Å². The van der Waals surface area contributed by atoms with Crippen LogP contribution in [0, 0.1) is 17.2 Å². The molecule has 2 aromatic heterocycles. The lowest BCUT2D eigenvalue weighted by atomic mass is 9.99. The van der Waals surface area contributed by atoms with Gasteiger partial charge in [0, 0.05) is 4.88 Å². The van der Waals surface area contributed by atoms with Crippen molar-refractivity contribution in [2.75, 3.05) is 13.1 Å². The number of nitriles is 1. The van der Waals surface area contributed by atoms with Crippen LogP contribution in [-0.4, -0.2) is 28.0 Å². The Balaban J connectivity index is 1.50. The topological polar surface area (TPSA) is 62.0 Å². The molecule has 29 heavy (non-hydrogen) atoms. The highest BCUT2D eigenvalue weighted by Gasteiger charge is 2.24. The number of likely N-dealkylation sites (tertiary alicyclic amines) is 1. The fraction of sp³-hybridized carbons (Fsp3) is 0.435. The first-order valence-corrected chi connectivity index (χ1v) is 11.2. The molecule has 0 atom stereocenters. The van der Waals surface area contributed by atoms with Crippen molar-refractivity contribution in [2.24, 2.45) is 5.92 Å². The summed E-state index contributed by atoms with van der Waals surface area (Å²) in [5, 5.41) is 10.1. The Bertz CT molecular complexity index is 1070. The predicted octanol–water partition coefficient (Wildman–Crippen LogP) is 5.08. The highest BCUT2D eigenvalue weighted by Crippen LogP contribution is 2.41. The average Bonchev–Trinajstić information content (AvgIpc) is 3.31. The SMILES string of the molecule is CC1CCN(Cc2nc(Oc3ccc(C#N)cc3)c3c4c(sc3n2)CCC4)CC1. The van der Waals surface area contributed by atoms with Gasteiger partial charge in [0.1, 0.15) is 16.4 Å². The fourth-order valence-electron chi connectivity index (χ4n) is 4.28. The maximum absolute atomic E-state index is 9.03. The Morgan fingerprint density at radius 2 is 1.97 bits per heavy atom. The van der Waals surface area contributed by atoms with Gasteiger partial charge in [-0.3, -0.25) is 4.90 Å². The number of piperidine rings is 1. The molecule has 0 N–H and O–H groups in total. The minimum absolute atomic E-state index is 0.627. The summed E-state index contributed by atoms with van der Waals surface area (Å²) in [6.45, 7) is 5.32. The number of benzene rings is 1. The minimum Gasteiger partial charge on any atom is -0.438 e. The molecule has 1 aliphatic carbocycles. The molecule has 0 saturated carbocycles. The van der Waals surface area contributed by atoms with Gasteiger partial charge in [0.25, 0.3) is 0 Å². The maximum atomic E-state index is 9.03. The zero-order valence-electron chi connectivity index (χ0n) is 16.6. The van der Waals surface area contributed by atoms with Crippen LogP contribution in [0.5, 0.6) is 11.6 Å². The van der Waals surface area contributed by atoms with Crippen LogP contribution in [0.2, 0.25) is 0 Å². The molecule has 148 valence electrons. The molecule has 1 aromatic carbocycles. The summed E-state index contributed by atoms with van der Waals surface area (Å²) in [5.74, 6) is 3.03. The Hall–Kier alpha value is -2.49. The van der Waals surface area contributed by atoms with E-state index in [0.717, 1.165) is 54.4 Å². The Labute approximate surface area is 175 Å². The van der Waals surface area contributed by atoms with E-state index < -0.39 is 0 Å². The van der Waals surface area contributed by atoms with Crippen LogP contribution in [-0.2, 0) is 19.4 Å². The number of aromatic nitrogens is 2. The van der Waals surface area contributed by atoms with E-state index in [-0.39, 0.29) is 0 Å². The number of aryl methyl sites for hydroxylation is 2. The monoisotopic (exact) mass is 404 g/mol. The van der Waals surface area contributed by atoms with Gasteiger partial charge in [0.05, 0.1) is 23.6 Å². The van der Waals surface area contributed by atoms with Crippen molar-refractivity contribution in [3.05, 3.63) is 46.1 Å². The van der Waals surface area contributed by atoms with Gasteiger partial charge in [-0.15, -0.1) is 11.3 Å². The number of hydrogen-bond donors (Lipinski definition) is 0. The molecule has 0 radical (unpaired) electrons. The van der Waals surface area contributed by atoms with E-state index in [1.54, 1.807) is 23.5 Å². The summed E-state index contributed by atoms with van der Waals surface area (Å²) in [6, 6.07) is 9.38. The van der Waals surface area contributed by atoms with Gasteiger partial charge in [-0.1, -0.05) is 6.92 Å². The van der Waals surface area contributed by atoms with E-state index in [0.29, 0.717) is 17.2 Å². The van der Waals surface area contributed by atoms with Gasteiger partial charge in [-0.05, 0) is 80.9 Å². The zero-order chi connectivity index (χ0) is 19.8. The second-order valence-electron chi connectivity index (χ2n) is 8.18. The molecule has 1 aliphatic heterocycles. The molecule has 1 fully saturated rings. The van der Waals surface area contributed by atoms with Crippen molar-refractivity contribution in [3.8, 4) is 17.7 Å². The molecular formula is C23H24N4OS. The van der Waals surface area contributed by atoms with Crippen molar-refractivity contribution >= 4 is 21.6 Å². The summed E-state index contributed by atoms with van der Waals surface area (Å²) in [6.07, 6.45) is 5.88. The van der Waals surface area contributed by atoms with E-state index in [1.807, 2.05) is 12.1 Å². The Morgan fingerprint density at radius 1 is 1.17 bits per heavy atom. The molecule has 0 bridgehead atoms. The van der Waals surface area contributed by atoms with Gasteiger partial charge < -0.3 is 4.74 Å². The van der Waals surface area contributed by atoms with Crippen LogP contribution in [0.25, 0.3) is 10.2 Å². The summed E-state index contributed by atoms with van der Waals surface area (Å²) < 4.78 is 6.25. The van der Waals surface area contributed by atoms with Crippen LogP contribution in [0.3, 0.4) is 0 Å². The second kappa shape index (κ2) is 7.74. The quantitative estimate of drug-likeness (QED) is 0.607. The smallest absolute Gasteiger partial charge is 0.231 e. The Kier molecular flexibility index (Phi) is 4.94. The van der Waals surface area contributed by atoms with Gasteiger partial charge in [-0.25, -0.2) is 4.98 Å². The normalized spacial score (nSPS) is 17.4. The van der Waals surface area contributed by atoms with Gasteiger partial charge in [-0.2, -0.15) is 10.2 Å². The highest BCUT2D eigenvalue weighted by atomic mass is 32.1. The lowest BCUT2D eigenvalue weighted by Crippen LogP contribution is -2.32. The Morgan fingerprint density at radius 3 is 2.72 bits per heavy atom. The van der Waals surface area contributed by atoms with Gasteiger partial charge in [0.2, 0.25) is 5.88 Å². The number of rotatable bonds is 4. The molecule has 0 spiro atoms. The lowest BCUT2D eigenvalue weighted by Gasteiger charge is -2.29. The number of nitrogens with zero attached hydrogens (tertiary/aromatic N) is 4. The third-order valence-electron chi connectivity index (χ3n) is 6.02. The number of fused-ring (bicyclic) bond motifs is 3. The van der Waals surface area contributed by atoms with Crippen LogP contribution in [0.1, 0.15) is 48.0 Å². The van der Waals surface area contributed by atoms with E-state index in [1.165, 1.54) is 29.7 Å². The molecule has 2 aliphatic rings. The zero-order valence-corrected chi connectivity index (χ0v) is 17.5. The average molecular weight is 405 g/mol. The first-order valence-electron chi connectivity index (χ1n) is 10.4. The predicted molar refractivity (Wildman–Crippen MR) is 114 cm³/mol. The summed E-state index contributed by atoms with van der Waals surface area (Å²) in [5.41, 5.74) is 1.99. The molecule has 0 amide bonds. The molecule has 3 heterocycles. The molecule has 3 aromatic rings. The highest BCUT2D eigenvalue weighted by molar-refractivity contribution is 7.19. The third kappa shape index (κ3) is 3.73. The molecular weight excluding hydrogens is 380 g/mol. The lowest BCUT2D eigenvalue weighted by molar-refractivity contribution is 0.181. The maximum Gasteiger partial charge on any atom is 0.231 e. The first-order chi connectivity index (χ1) is 14.2. The van der Waals surface area contributed by atoms with Crippen LogP contribution >= 0.6 is 11.3 Å². The minimum atomic E-state index is 0.627. The molecule has 1 saturated heterocycles. The van der Waals surface area contributed by atoms with E-state index >= 15 is 0 Å². The molecule has 5 rings (SSSR count). The summed E-state index contributed by atoms with van der Waals surface area (Å²) >= 11 is 1.80. The van der Waals surface area contributed by atoms with Gasteiger partial charge >= 0.3 is 0 Å². The number of ether oxygens (including phenoxy) is 1. The van der Waals surface area contributed by atoms with Gasteiger partial charge in [0.15, 0.2) is 0 Å². The molecule has 0 unspecified atom stereocenters. The van der Waals surface area contributed by atoms with Crippen LogP contribution < -0.4 is 4.74 Å². The van der Waals surface area contributed by atoms with E-state index in [9.17, 15) is 0 Å². The fourth-order valence-corrected chi connectivity index (χ4v) is 5.55. The summed E-state index contributed by atoms with van der Waals surface area (Å²) in [4.78, 5) is 14.7. The standard InChI is InChI=1S/C23H24N4OS/c1-15-9-11-27(12-10-15)14-20-25-22(28-17-7-5-16(13-24)6-8-17)21-18-3-2-4-19(18)29-23(21)26-20/h5-8,15H,2-4,9-12,14H2,1H3. The second-order valence-corrected chi connectivity index (χ2v) is 9.26.